The fourth-order valence-electron chi connectivity index (χ4n) is 2.36. The highest BCUT2D eigenvalue weighted by molar-refractivity contribution is 5.71. The van der Waals surface area contributed by atoms with Gasteiger partial charge >= 0.3 is 0 Å². The maximum Gasteiger partial charge on any atom is 0.141 e. The number of imidazole rings is 1. The lowest BCUT2D eigenvalue weighted by atomic mass is 9.98. The van der Waals surface area contributed by atoms with Gasteiger partial charge in [-0.3, -0.25) is 0 Å². The van der Waals surface area contributed by atoms with Gasteiger partial charge in [0.2, 0.25) is 0 Å². The second kappa shape index (κ2) is 4.92. The minimum atomic E-state index is -0.269. The van der Waals surface area contributed by atoms with Crippen LogP contribution in [-0.2, 0) is 6.54 Å². The Morgan fingerprint density at radius 3 is 2.80 bits per heavy atom. The average Bonchev–Trinajstić information content (AvgIpc) is 3.03. The summed E-state index contributed by atoms with van der Waals surface area (Å²) in [6.45, 7) is 4.32. The first kappa shape index (κ1) is 12.6. The highest BCUT2D eigenvalue weighted by Crippen LogP contribution is 2.31. The van der Waals surface area contributed by atoms with Gasteiger partial charge in [-0.1, -0.05) is 11.2 Å². The fourth-order valence-corrected chi connectivity index (χ4v) is 2.36. The molecule has 5 heteroatoms. The molecule has 0 amide bonds. The monoisotopic (exact) mass is 271 g/mol. The number of nitrogens with zero attached hydrogens (tertiary/aromatic N) is 3. The van der Waals surface area contributed by atoms with Crippen molar-refractivity contribution in [2.75, 3.05) is 0 Å². The van der Waals surface area contributed by atoms with Crippen LogP contribution in [0.2, 0.25) is 0 Å². The van der Waals surface area contributed by atoms with E-state index in [2.05, 4.69) is 10.1 Å². The van der Waals surface area contributed by atoms with Crippen LogP contribution in [0.4, 0.5) is 4.39 Å². The molecule has 1 aromatic carbocycles. The molecule has 0 N–H and O–H groups in total. The van der Waals surface area contributed by atoms with E-state index in [1.165, 1.54) is 12.1 Å². The molecule has 0 saturated carbocycles. The molecule has 0 fully saturated rings. The SMILES string of the molecule is Cc1noc(C)c1-c1cc(F)ccc1Cn1ccnc1. The first-order chi connectivity index (χ1) is 9.65. The molecule has 0 aliphatic carbocycles. The van der Waals surface area contributed by atoms with Gasteiger partial charge in [0.25, 0.3) is 0 Å². The molecule has 0 aliphatic rings. The van der Waals surface area contributed by atoms with Crippen LogP contribution in [0.1, 0.15) is 17.0 Å². The average molecular weight is 271 g/mol. The van der Waals surface area contributed by atoms with Gasteiger partial charge in [0, 0.05) is 24.5 Å². The van der Waals surface area contributed by atoms with Crippen molar-refractivity contribution in [1.82, 2.24) is 14.7 Å². The zero-order valence-corrected chi connectivity index (χ0v) is 11.3. The second-order valence-corrected chi connectivity index (χ2v) is 4.74. The van der Waals surface area contributed by atoms with Crippen molar-refractivity contribution >= 4 is 0 Å². The normalized spacial score (nSPS) is 10.9. The predicted octanol–water partition coefficient (Wildman–Crippen LogP) is 3.34. The third kappa shape index (κ3) is 2.22. The molecule has 3 rings (SSSR count). The molecule has 0 radical (unpaired) electrons. The van der Waals surface area contributed by atoms with Gasteiger partial charge in [0.15, 0.2) is 0 Å². The summed E-state index contributed by atoms with van der Waals surface area (Å²) in [4.78, 5) is 4.02. The molecular weight excluding hydrogens is 257 g/mol. The van der Waals surface area contributed by atoms with Crippen LogP contribution in [0.3, 0.4) is 0 Å². The van der Waals surface area contributed by atoms with Gasteiger partial charge in [0.05, 0.1) is 12.0 Å². The molecule has 102 valence electrons. The minimum Gasteiger partial charge on any atom is -0.361 e. The molecule has 4 nitrogen and oxygen atoms in total. The van der Waals surface area contributed by atoms with E-state index < -0.39 is 0 Å². The second-order valence-electron chi connectivity index (χ2n) is 4.74. The molecule has 2 aromatic heterocycles. The summed E-state index contributed by atoms with van der Waals surface area (Å²) in [7, 11) is 0. The Hall–Kier alpha value is -2.43. The van der Waals surface area contributed by atoms with E-state index >= 15 is 0 Å². The van der Waals surface area contributed by atoms with Gasteiger partial charge in [-0.2, -0.15) is 0 Å². The van der Waals surface area contributed by atoms with Crippen LogP contribution in [0, 0.1) is 19.7 Å². The molecule has 0 spiro atoms. The van der Waals surface area contributed by atoms with E-state index in [0.29, 0.717) is 12.3 Å². The third-order valence-electron chi connectivity index (χ3n) is 3.29. The van der Waals surface area contributed by atoms with Crippen LogP contribution < -0.4 is 0 Å². The Labute approximate surface area is 115 Å². The van der Waals surface area contributed by atoms with Gasteiger partial charge in [-0.15, -0.1) is 0 Å². The van der Waals surface area contributed by atoms with Crippen molar-refractivity contribution < 1.29 is 8.91 Å². The largest absolute Gasteiger partial charge is 0.361 e. The van der Waals surface area contributed by atoms with Gasteiger partial charge in [-0.25, -0.2) is 9.37 Å². The molecule has 0 bridgehead atoms. The smallest absolute Gasteiger partial charge is 0.141 e. The Bertz CT molecular complexity index is 712. The summed E-state index contributed by atoms with van der Waals surface area (Å²) in [5, 5.41) is 3.94. The van der Waals surface area contributed by atoms with E-state index in [9.17, 15) is 4.39 Å². The van der Waals surface area contributed by atoms with Crippen LogP contribution in [0.5, 0.6) is 0 Å². The van der Waals surface area contributed by atoms with Crippen molar-refractivity contribution in [3.8, 4) is 11.1 Å². The number of rotatable bonds is 3. The lowest BCUT2D eigenvalue weighted by molar-refractivity contribution is 0.393. The first-order valence-corrected chi connectivity index (χ1v) is 6.32. The Kier molecular flexibility index (Phi) is 3.10. The molecule has 2 heterocycles. The summed E-state index contributed by atoms with van der Waals surface area (Å²) in [5.74, 6) is 0.425. The van der Waals surface area contributed by atoms with Gasteiger partial charge in [0.1, 0.15) is 11.6 Å². The predicted molar refractivity (Wildman–Crippen MR) is 72.7 cm³/mol. The number of hydrogen-bond acceptors (Lipinski definition) is 3. The maximum absolute atomic E-state index is 13.6. The van der Waals surface area contributed by atoms with Crippen molar-refractivity contribution in [3.05, 3.63) is 59.8 Å². The molecule has 0 aliphatic heterocycles. The summed E-state index contributed by atoms with van der Waals surface area (Å²) >= 11 is 0. The van der Waals surface area contributed by atoms with E-state index in [4.69, 9.17) is 4.52 Å². The first-order valence-electron chi connectivity index (χ1n) is 6.32. The lowest BCUT2D eigenvalue weighted by Gasteiger charge is -2.10. The lowest BCUT2D eigenvalue weighted by Crippen LogP contribution is -2.00. The van der Waals surface area contributed by atoms with Gasteiger partial charge in [-0.05, 0) is 37.1 Å². The Morgan fingerprint density at radius 1 is 1.30 bits per heavy atom. The van der Waals surface area contributed by atoms with Crippen molar-refractivity contribution in [1.29, 1.82) is 0 Å². The highest BCUT2D eigenvalue weighted by atomic mass is 19.1. The van der Waals surface area contributed by atoms with Crippen molar-refractivity contribution in [3.63, 3.8) is 0 Å². The third-order valence-corrected chi connectivity index (χ3v) is 3.29. The van der Waals surface area contributed by atoms with Crippen molar-refractivity contribution in [2.24, 2.45) is 0 Å². The molecule has 0 saturated heterocycles. The van der Waals surface area contributed by atoms with Crippen LogP contribution in [-0.4, -0.2) is 14.7 Å². The zero-order valence-electron chi connectivity index (χ0n) is 11.3. The summed E-state index contributed by atoms with van der Waals surface area (Å²) in [5.41, 5.74) is 3.44. The van der Waals surface area contributed by atoms with E-state index in [1.54, 1.807) is 18.6 Å². The topological polar surface area (TPSA) is 43.9 Å². The summed E-state index contributed by atoms with van der Waals surface area (Å²) < 4.78 is 20.7. The number of aromatic nitrogens is 3. The van der Waals surface area contributed by atoms with E-state index in [1.807, 2.05) is 24.6 Å². The minimum absolute atomic E-state index is 0.269. The number of hydrogen-bond donors (Lipinski definition) is 0. The quantitative estimate of drug-likeness (QED) is 0.733. The van der Waals surface area contributed by atoms with Crippen LogP contribution in [0.25, 0.3) is 11.1 Å². The summed E-state index contributed by atoms with van der Waals surface area (Å²) in [6, 6.07) is 4.78. The van der Waals surface area contributed by atoms with Crippen LogP contribution >= 0.6 is 0 Å². The maximum atomic E-state index is 13.6. The number of halogens is 1. The molecular formula is C15H14FN3O. The molecule has 20 heavy (non-hydrogen) atoms. The Morgan fingerprint density at radius 2 is 2.15 bits per heavy atom. The van der Waals surface area contributed by atoms with E-state index in [-0.39, 0.29) is 5.82 Å². The zero-order chi connectivity index (χ0) is 14.1. The van der Waals surface area contributed by atoms with E-state index in [0.717, 1.165) is 22.4 Å². The van der Waals surface area contributed by atoms with Crippen LogP contribution in [0.15, 0.2) is 41.4 Å². The summed E-state index contributed by atoms with van der Waals surface area (Å²) in [6.07, 6.45) is 5.33. The number of aryl methyl sites for hydroxylation is 2. The number of benzene rings is 1. The molecule has 0 unspecified atom stereocenters. The Balaban J connectivity index is 2.12. The molecule has 3 aromatic rings. The van der Waals surface area contributed by atoms with Crippen molar-refractivity contribution in [2.45, 2.75) is 20.4 Å². The molecule has 0 atom stereocenters. The van der Waals surface area contributed by atoms with Gasteiger partial charge < -0.3 is 9.09 Å². The standard InChI is InChI=1S/C15H14FN3O/c1-10-15(11(2)20-18-10)14-7-13(16)4-3-12(14)8-19-6-5-17-9-19/h3-7,9H,8H2,1-2H3. The highest BCUT2D eigenvalue weighted by Gasteiger charge is 2.16. The fraction of sp³-hybridized carbons (Fsp3) is 0.200.